The van der Waals surface area contributed by atoms with Gasteiger partial charge < -0.3 is 24.3 Å². The molecule has 0 atom stereocenters. The number of hydrogen-bond donors (Lipinski definition) is 0. The molecule has 0 radical (unpaired) electrons. The maximum atomic E-state index is 12.3. The first kappa shape index (κ1) is 15.2. The fraction of sp³-hybridized carbons (Fsp3) is 0.250. The van der Waals surface area contributed by atoms with Crippen LogP contribution in [0.25, 0.3) is 5.65 Å². The van der Waals surface area contributed by atoms with E-state index in [1.165, 1.54) is 16.9 Å². The molecule has 0 aromatic carbocycles. The van der Waals surface area contributed by atoms with Crippen LogP contribution in [0.15, 0.2) is 47.4 Å². The largest absolute Gasteiger partial charge is 0.472 e. The molecule has 25 heavy (non-hydrogen) atoms. The van der Waals surface area contributed by atoms with Crippen molar-refractivity contribution in [2.75, 3.05) is 31.1 Å². The predicted octanol–water partition coefficient (Wildman–Crippen LogP) is 1.80. The van der Waals surface area contributed by atoms with Gasteiger partial charge in [0.1, 0.15) is 6.26 Å². The number of anilines is 1. The summed E-state index contributed by atoms with van der Waals surface area (Å²) in [5, 5.41) is 11.5. The van der Waals surface area contributed by atoms with E-state index in [0.29, 0.717) is 43.2 Å². The molecule has 1 amide bonds. The van der Waals surface area contributed by atoms with E-state index in [1.807, 2.05) is 4.90 Å². The quantitative estimate of drug-likeness (QED) is 0.532. The standard InChI is InChI=1S/C16H15N5O4/c22-16(12-4-10-25-11-12)19-8-6-18(7-9-19)14-15(21(23)24)20-5-2-1-3-13(20)17-14/h1-5,10-11H,6-9H2. The van der Waals surface area contributed by atoms with Gasteiger partial charge in [0.2, 0.25) is 11.5 Å². The van der Waals surface area contributed by atoms with Gasteiger partial charge in [-0.3, -0.25) is 4.79 Å². The van der Waals surface area contributed by atoms with E-state index in [2.05, 4.69) is 4.98 Å². The van der Waals surface area contributed by atoms with Crippen LogP contribution in [0.3, 0.4) is 0 Å². The number of hydrogen-bond acceptors (Lipinski definition) is 6. The Morgan fingerprint density at radius 3 is 2.68 bits per heavy atom. The number of nitrogens with zero attached hydrogens (tertiary/aromatic N) is 5. The number of carbonyl (C=O) groups is 1. The molecule has 0 aliphatic carbocycles. The number of fused-ring (bicyclic) bond motifs is 1. The fourth-order valence-corrected chi connectivity index (χ4v) is 3.04. The second kappa shape index (κ2) is 5.93. The molecular weight excluding hydrogens is 326 g/mol. The summed E-state index contributed by atoms with van der Waals surface area (Å²) in [7, 11) is 0. The van der Waals surface area contributed by atoms with Gasteiger partial charge in [0.15, 0.2) is 0 Å². The minimum Gasteiger partial charge on any atom is -0.472 e. The van der Waals surface area contributed by atoms with Gasteiger partial charge in [-0.1, -0.05) is 6.07 Å². The van der Waals surface area contributed by atoms with Crippen LogP contribution in [-0.4, -0.2) is 51.3 Å². The number of nitro groups is 1. The van der Waals surface area contributed by atoms with Crippen LogP contribution in [0.5, 0.6) is 0 Å². The third-order valence-corrected chi connectivity index (χ3v) is 4.29. The monoisotopic (exact) mass is 341 g/mol. The van der Waals surface area contributed by atoms with Crippen LogP contribution in [0.2, 0.25) is 0 Å². The van der Waals surface area contributed by atoms with Gasteiger partial charge in [-0.2, -0.15) is 9.38 Å². The first-order valence-electron chi connectivity index (χ1n) is 7.83. The minimum absolute atomic E-state index is 0.0507. The number of amides is 1. The normalized spacial score (nSPS) is 14.9. The van der Waals surface area contributed by atoms with Crippen molar-refractivity contribution < 1.29 is 14.1 Å². The molecule has 128 valence electrons. The Morgan fingerprint density at radius 2 is 2.00 bits per heavy atom. The van der Waals surface area contributed by atoms with E-state index in [9.17, 15) is 14.9 Å². The Bertz CT molecular complexity index is 925. The summed E-state index contributed by atoms with van der Waals surface area (Å²) >= 11 is 0. The molecule has 0 bridgehead atoms. The summed E-state index contributed by atoms with van der Waals surface area (Å²) in [6, 6.07) is 6.88. The van der Waals surface area contributed by atoms with Crippen molar-refractivity contribution in [2.24, 2.45) is 0 Å². The van der Waals surface area contributed by atoms with Crippen molar-refractivity contribution in [3.05, 3.63) is 58.7 Å². The Hall–Kier alpha value is -3.36. The van der Waals surface area contributed by atoms with Crippen molar-refractivity contribution in [3.8, 4) is 0 Å². The van der Waals surface area contributed by atoms with Crippen LogP contribution in [-0.2, 0) is 0 Å². The van der Waals surface area contributed by atoms with E-state index in [1.54, 1.807) is 35.4 Å². The highest BCUT2D eigenvalue weighted by Crippen LogP contribution is 2.29. The molecule has 1 aliphatic heterocycles. The first-order valence-corrected chi connectivity index (χ1v) is 7.83. The molecule has 0 unspecified atom stereocenters. The highest BCUT2D eigenvalue weighted by atomic mass is 16.6. The van der Waals surface area contributed by atoms with E-state index in [0.717, 1.165) is 0 Å². The van der Waals surface area contributed by atoms with E-state index in [4.69, 9.17) is 4.42 Å². The highest BCUT2D eigenvalue weighted by Gasteiger charge is 2.30. The number of carbonyl (C=O) groups excluding carboxylic acids is 1. The van der Waals surface area contributed by atoms with Crippen molar-refractivity contribution >= 4 is 23.2 Å². The van der Waals surface area contributed by atoms with Crippen LogP contribution in [0, 0.1) is 10.1 Å². The summed E-state index contributed by atoms with van der Waals surface area (Å²) in [5.41, 5.74) is 1.04. The van der Waals surface area contributed by atoms with Crippen LogP contribution < -0.4 is 4.90 Å². The first-order chi connectivity index (χ1) is 12.1. The van der Waals surface area contributed by atoms with Gasteiger partial charge in [-0.05, 0) is 17.1 Å². The van der Waals surface area contributed by atoms with Gasteiger partial charge in [0, 0.05) is 32.2 Å². The molecule has 9 nitrogen and oxygen atoms in total. The van der Waals surface area contributed by atoms with Crippen molar-refractivity contribution in [1.82, 2.24) is 14.3 Å². The van der Waals surface area contributed by atoms with Crippen LogP contribution >= 0.6 is 0 Å². The van der Waals surface area contributed by atoms with Crippen molar-refractivity contribution in [1.29, 1.82) is 0 Å². The zero-order chi connectivity index (χ0) is 17.4. The Labute approximate surface area is 142 Å². The topological polar surface area (TPSA) is 97.1 Å². The average Bonchev–Trinajstić information content (AvgIpc) is 3.28. The Morgan fingerprint density at radius 1 is 1.20 bits per heavy atom. The lowest BCUT2D eigenvalue weighted by Gasteiger charge is -2.34. The third kappa shape index (κ3) is 2.59. The Kier molecular flexibility index (Phi) is 3.60. The molecule has 0 spiro atoms. The lowest BCUT2D eigenvalue weighted by molar-refractivity contribution is -0.389. The van der Waals surface area contributed by atoms with Crippen LogP contribution in [0.4, 0.5) is 11.6 Å². The average molecular weight is 341 g/mol. The number of piperazine rings is 1. The lowest BCUT2D eigenvalue weighted by Crippen LogP contribution is -2.49. The Balaban J connectivity index is 1.57. The van der Waals surface area contributed by atoms with Gasteiger partial charge >= 0.3 is 5.82 Å². The van der Waals surface area contributed by atoms with Crippen molar-refractivity contribution in [2.45, 2.75) is 0 Å². The number of furan rings is 1. The zero-order valence-electron chi connectivity index (χ0n) is 13.2. The molecule has 1 saturated heterocycles. The molecule has 9 heteroatoms. The van der Waals surface area contributed by atoms with Gasteiger partial charge in [0.05, 0.1) is 18.0 Å². The number of pyridine rings is 1. The summed E-state index contributed by atoms with van der Waals surface area (Å²) in [6.07, 6.45) is 4.51. The molecule has 3 aromatic heterocycles. The molecule has 4 heterocycles. The zero-order valence-corrected chi connectivity index (χ0v) is 13.2. The van der Waals surface area contributed by atoms with Gasteiger partial charge in [-0.15, -0.1) is 0 Å². The summed E-state index contributed by atoms with van der Waals surface area (Å²) in [6.45, 7) is 1.90. The second-order valence-corrected chi connectivity index (χ2v) is 5.74. The molecule has 0 N–H and O–H groups in total. The van der Waals surface area contributed by atoms with E-state index >= 15 is 0 Å². The number of aromatic nitrogens is 2. The third-order valence-electron chi connectivity index (χ3n) is 4.29. The SMILES string of the molecule is O=C(c1ccoc1)N1CCN(c2nc3ccccn3c2[N+](=O)[O-])CC1. The molecule has 0 saturated carbocycles. The lowest BCUT2D eigenvalue weighted by atomic mass is 10.2. The predicted molar refractivity (Wildman–Crippen MR) is 88.7 cm³/mol. The van der Waals surface area contributed by atoms with E-state index in [-0.39, 0.29) is 11.7 Å². The molecule has 1 fully saturated rings. The number of imidazole rings is 1. The summed E-state index contributed by atoms with van der Waals surface area (Å²) < 4.78 is 6.42. The summed E-state index contributed by atoms with van der Waals surface area (Å²) in [5.74, 6) is 0.190. The maximum absolute atomic E-state index is 12.3. The summed E-state index contributed by atoms with van der Waals surface area (Å²) in [4.78, 5) is 31.4. The molecule has 3 aromatic rings. The highest BCUT2D eigenvalue weighted by molar-refractivity contribution is 5.94. The van der Waals surface area contributed by atoms with Gasteiger partial charge in [-0.25, -0.2) is 0 Å². The maximum Gasteiger partial charge on any atom is 0.372 e. The smallest absolute Gasteiger partial charge is 0.372 e. The second-order valence-electron chi connectivity index (χ2n) is 5.74. The minimum atomic E-state index is -0.418. The van der Waals surface area contributed by atoms with Gasteiger partial charge in [0.25, 0.3) is 5.91 Å². The van der Waals surface area contributed by atoms with Crippen LogP contribution in [0.1, 0.15) is 10.4 Å². The number of rotatable bonds is 3. The van der Waals surface area contributed by atoms with E-state index < -0.39 is 4.92 Å². The fourth-order valence-electron chi connectivity index (χ4n) is 3.04. The molecule has 1 aliphatic rings. The van der Waals surface area contributed by atoms with Crippen molar-refractivity contribution in [3.63, 3.8) is 0 Å². The molecule has 4 rings (SSSR count). The molecular formula is C16H15N5O4.